The molecule has 0 unspecified atom stereocenters. The zero-order valence-corrected chi connectivity index (χ0v) is 7.74. The highest BCUT2D eigenvalue weighted by molar-refractivity contribution is 5.91. The quantitative estimate of drug-likeness (QED) is 0.484. The molecule has 0 atom stereocenters. The van der Waals surface area contributed by atoms with Crippen molar-refractivity contribution in [3.63, 3.8) is 0 Å². The maximum Gasteiger partial charge on any atom is 0.155 e. The maximum absolute atomic E-state index is 11.3. The Morgan fingerprint density at radius 2 is 1.83 bits per heavy atom. The minimum Gasteiger partial charge on any atom is -0.362 e. The van der Waals surface area contributed by atoms with Gasteiger partial charge in [0.2, 0.25) is 0 Å². The molecule has 0 radical (unpaired) electrons. The van der Waals surface area contributed by atoms with Gasteiger partial charge in [-0.3, -0.25) is 10.2 Å². The van der Waals surface area contributed by atoms with Gasteiger partial charge < -0.3 is 5.32 Å². The molecule has 1 fully saturated rings. The van der Waals surface area contributed by atoms with Crippen LogP contribution in [0, 0.1) is 5.41 Å². The van der Waals surface area contributed by atoms with E-state index in [1.807, 2.05) is 0 Å². The van der Waals surface area contributed by atoms with Crippen LogP contribution < -0.4 is 5.32 Å². The second kappa shape index (κ2) is 3.25. The summed E-state index contributed by atoms with van der Waals surface area (Å²) < 4.78 is 0. The predicted molar refractivity (Wildman–Crippen MR) is 48.4 cm³/mol. The molecule has 1 aliphatic rings. The summed E-state index contributed by atoms with van der Waals surface area (Å²) in [5.41, 5.74) is -0.397. The molecular formula is C9H16N2O. The van der Waals surface area contributed by atoms with Crippen LogP contribution in [0.5, 0.6) is 0 Å². The maximum atomic E-state index is 11.3. The number of rotatable bonds is 2. The Morgan fingerprint density at radius 1 is 1.33 bits per heavy atom. The Bertz CT molecular complexity index is 205. The minimum atomic E-state index is -0.397. The lowest BCUT2D eigenvalue weighted by molar-refractivity contribution is -0.122. The van der Waals surface area contributed by atoms with Crippen molar-refractivity contribution in [1.29, 1.82) is 5.41 Å². The van der Waals surface area contributed by atoms with Crippen LogP contribution in [-0.2, 0) is 4.79 Å². The van der Waals surface area contributed by atoms with Gasteiger partial charge in [0.05, 0.1) is 11.4 Å². The first-order valence-corrected chi connectivity index (χ1v) is 4.41. The van der Waals surface area contributed by atoms with Crippen LogP contribution in [0.2, 0.25) is 0 Å². The fourth-order valence-electron chi connectivity index (χ4n) is 1.90. The van der Waals surface area contributed by atoms with E-state index >= 15 is 0 Å². The molecule has 68 valence electrons. The average Bonchev–Trinajstić information content (AvgIpc) is 2.35. The third-order valence-corrected chi connectivity index (χ3v) is 2.56. The van der Waals surface area contributed by atoms with E-state index < -0.39 is 5.54 Å². The SMILES string of the molecule is CC(=N)NC1(C(C)=O)CCCC1. The highest BCUT2D eigenvalue weighted by Gasteiger charge is 2.38. The summed E-state index contributed by atoms with van der Waals surface area (Å²) in [6.45, 7) is 3.30. The number of nitrogens with one attached hydrogen (secondary N) is 2. The van der Waals surface area contributed by atoms with Gasteiger partial charge in [-0.2, -0.15) is 0 Å². The number of Topliss-reactive ketones (excluding diaryl/α,β-unsaturated/α-hetero) is 1. The van der Waals surface area contributed by atoms with Crippen molar-refractivity contribution in [2.45, 2.75) is 45.1 Å². The van der Waals surface area contributed by atoms with E-state index in [0.29, 0.717) is 5.84 Å². The Balaban J connectivity index is 2.72. The van der Waals surface area contributed by atoms with E-state index in [4.69, 9.17) is 5.41 Å². The molecule has 0 amide bonds. The molecule has 0 aliphatic heterocycles. The molecule has 1 saturated carbocycles. The lowest BCUT2D eigenvalue weighted by Gasteiger charge is -2.27. The van der Waals surface area contributed by atoms with E-state index in [0.717, 1.165) is 25.7 Å². The zero-order chi connectivity index (χ0) is 9.19. The molecule has 3 nitrogen and oxygen atoms in total. The first-order valence-electron chi connectivity index (χ1n) is 4.41. The van der Waals surface area contributed by atoms with Crippen LogP contribution in [0.3, 0.4) is 0 Å². The van der Waals surface area contributed by atoms with Crippen LogP contribution in [0.1, 0.15) is 39.5 Å². The van der Waals surface area contributed by atoms with Gasteiger partial charge in [-0.05, 0) is 26.7 Å². The van der Waals surface area contributed by atoms with Crippen LogP contribution in [-0.4, -0.2) is 17.2 Å². The van der Waals surface area contributed by atoms with Crippen LogP contribution in [0.25, 0.3) is 0 Å². The smallest absolute Gasteiger partial charge is 0.155 e. The Hall–Kier alpha value is -0.860. The van der Waals surface area contributed by atoms with E-state index in [1.54, 1.807) is 13.8 Å². The van der Waals surface area contributed by atoms with Gasteiger partial charge in [0.1, 0.15) is 0 Å². The van der Waals surface area contributed by atoms with Gasteiger partial charge in [-0.25, -0.2) is 0 Å². The normalized spacial score (nSPS) is 20.5. The van der Waals surface area contributed by atoms with Crippen molar-refractivity contribution in [3.05, 3.63) is 0 Å². The number of ketones is 1. The van der Waals surface area contributed by atoms with Crippen molar-refractivity contribution in [2.75, 3.05) is 0 Å². The van der Waals surface area contributed by atoms with E-state index in [1.165, 1.54) is 0 Å². The number of amidine groups is 1. The zero-order valence-electron chi connectivity index (χ0n) is 7.74. The Labute approximate surface area is 73.0 Å². The van der Waals surface area contributed by atoms with Crippen molar-refractivity contribution >= 4 is 11.6 Å². The minimum absolute atomic E-state index is 0.173. The number of hydrogen-bond acceptors (Lipinski definition) is 2. The fourth-order valence-corrected chi connectivity index (χ4v) is 1.90. The highest BCUT2D eigenvalue weighted by Crippen LogP contribution is 2.30. The van der Waals surface area contributed by atoms with Crippen molar-refractivity contribution < 1.29 is 4.79 Å². The lowest BCUT2D eigenvalue weighted by Crippen LogP contribution is -2.50. The van der Waals surface area contributed by atoms with Gasteiger partial charge >= 0.3 is 0 Å². The molecule has 0 heterocycles. The standard InChI is InChI=1S/C9H16N2O/c1-7(12)9(11-8(2)10)5-3-4-6-9/h3-6H2,1-2H3,(H2,10,11). The topological polar surface area (TPSA) is 53.0 Å². The molecule has 0 spiro atoms. The second-order valence-corrected chi connectivity index (χ2v) is 3.60. The summed E-state index contributed by atoms with van der Waals surface area (Å²) in [4.78, 5) is 11.3. The summed E-state index contributed by atoms with van der Waals surface area (Å²) in [5.74, 6) is 0.568. The van der Waals surface area contributed by atoms with Gasteiger partial charge in [0.15, 0.2) is 5.78 Å². The molecule has 0 saturated heterocycles. The second-order valence-electron chi connectivity index (χ2n) is 3.60. The van der Waals surface area contributed by atoms with Crippen LogP contribution >= 0.6 is 0 Å². The summed E-state index contributed by atoms with van der Waals surface area (Å²) >= 11 is 0. The molecule has 1 aliphatic carbocycles. The molecule has 0 aromatic heterocycles. The number of carbonyl (C=O) groups is 1. The lowest BCUT2D eigenvalue weighted by atomic mass is 9.93. The summed E-state index contributed by atoms with van der Waals surface area (Å²) in [6, 6.07) is 0. The van der Waals surface area contributed by atoms with E-state index in [-0.39, 0.29) is 5.78 Å². The summed E-state index contributed by atoms with van der Waals surface area (Å²) in [6.07, 6.45) is 3.97. The van der Waals surface area contributed by atoms with Gasteiger partial charge in [0, 0.05) is 0 Å². The van der Waals surface area contributed by atoms with E-state index in [2.05, 4.69) is 5.32 Å². The van der Waals surface area contributed by atoms with Crippen molar-refractivity contribution in [1.82, 2.24) is 5.32 Å². The molecule has 0 bridgehead atoms. The van der Waals surface area contributed by atoms with Gasteiger partial charge in [-0.15, -0.1) is 0 Å². The highest BCUT2D eigenvalue weighted by atomic mass is 16.1. The molecule has 1 rings (SSSR count). The average molecular weight is 168 g/mol. The summed E-state index contributed by atoms with van der Waals surface area (Å²) in [5, 5.41) is 10.3. The molecular weight excluding hydrogens is 152 g/mol. The van der Waals surface area contributed by atoms with Crippen LogP contribution in [0.4, 0.5) is 0 Å². The Morgan fingerprint density at radius 3 is 2.17 bits per heavy atom. The molecule has 12 heavy (non-hydrogen) atoms. The Kier molecular flexibility index (Phi) is 2.50. The summed E-state index contributed by atoms with van der Waals surface area (Å²) in [7, 11) is 0. The number of hydrogen-bond donors (Lipinski definition) is 2. The fraction of sp³-hybridized carbons (Fsp3) is 0.778. The third-order valence-electron chi connectivity index (χ3n) is 2.56. The van der Waals surface area contributed by atoms with Gasteiger partial charge in [0.25, 0.3) is 0 Å². The monoisotopic (exact) mass is 168 g/mol. The molecule has 0 aromatic carbocycles. The first-order chi connectivity index (χ1) is 5.57. The third kappa shape index (κ3) is 1.65. The molecule has 3 heteroatoms. The van der Waals surface area contributed by atoms with Crippen molar-refractivity contribution in [2.24, 2.45) is 0 Å². The van der Waals surface area contributed by atoms with Crippen LogP contribution in [0.15, 0.2) is 0 Å². The number of carbonyl (C=O) groups excluding carboxylic acids is 1. The predicted octanol–water partition coefficient (Wildman–Crippen LogP) is 1.47. The van der Waals surface area contributed by atoms with Crippen molar-refractivity contribution in [3.8, 4) is 0 Å². The van der Waals surface area contributed by atoms with Gasteiger partial charge in [-0.1, -0.05) is 12.8 Å². The molecule has 2 N–H and O–H groups in total. The van der Waals surface area contributed by atoms with E-state index in [9.17, 15) is 4.79 Å². The largest absolute Gasteiger partial charge is 0.362 e. The molecule has 0 aromatic rings. The first kappa shape index (κ1) is 9.23.